The Morgan fingerprint density at radius 2 is 2.00 bits per heavy atom. The van der Waals surface area contributed by atoms with E-state index in [-0.39, 0.29) is 0 Å². The molecule has 1 aromatic heterocycles. The Kier molecular flexibility index (Phi) is 5.62. The summed E-state index contributed by atoms with van der Waals surface area (Å²) >= 11 is 6.17. The summed E-state index contributed by atoms with van der Waals surface area (Å²) in [4.78, 5) is 23.5. The van der Waals surface area contributed by atoms with Gasteiger partial charge in [-0.3, -0.25) is 9.48 Å². The SMILES string of the molecule is CCC(NC(=O)c1c(C)nn(Cc2ccccc2Cl)c1C)C(=O)O. The van der Waals surface area contributed by atoms with Crippen molar-refractivity contribution in [2.24, 2.45) is 0 Å². The first-order valence-corrected chi connectivity index (χ1v) is 8.04. The maximum absolute atomic E-state index is 12.4. The minimum absolute atomic E-state index is 0.312. The number of halogens is 1. The average Bonchev–Trinajstić information content (AvgIpc) is 2.80. The Bertz CT molecular complexity index is 770. The highest BCUT2D eigenvalue weighted by atomic mass is 35.5. The fraction of sp³-hybridized carbons (Fsp3) is 0.353. The highest BCUT2D eigenvalue weighted by Crippen LogP contribution is 2.19. The Morgan fingerprint density at radius 1 is 1.33 bits per heavy atom. The average molecular weight is 350 g/mol. The molecular formula is C17H20ClN3O3. The highest BCUT2D eigenvalue weighted by Gasteiger charge is 2.23. The van der Waals surface area contributed by atoms with E-state index in [1.165, 1.54) is 0 Å². The molecule has 1 heterocycles. The van der Waals surface area contributed by atoms with Crippen LogP contribution in [0.2, 0.25) is 5.02 Å². The number of aliphatic carboxylic acids is 1. The van der Waals surface area contributed by atoms with Gasteiger partial charge in [-0.25, -0.2) is 4.79 Å². The number of carbonyl (C=O) groups is 2. The number of benzene rings is 1. The summed E-state index contributed by atoms with van der Waals surface area (Å²) < 4.78 is 1.70. The number of carboxylic acids is 1. The molecular weight excluding hydrogens is 330 g/mol. The van der Waals surface area contributed by atoms with Gasteiger partial charge in [0.2, 0.25) is 0 Å². The molecule has 0 aliphatic rings. The van der Waals surface area contributed by atoms with Gasteiger partial charge in [-0.1, -0.05) is 36.7 Å². The lowest BCUT2D eigenvalue weighted by atomic mass is 10.1. The van der Waals surface area contributed by atoms with Gasteiger partial charge in [-0.15, -0.1) is 0 Å². The third-order valence-electron chi connectivity index (χ3n) is 3.90. The van der Waals surface area contributed by atoms with E-state index in [4.69, 9.17) is 16.7 Å². The number of nitrogens with zero attached hydrogens (tertiary/aromatic N) is 2. The molecule has 24 heavy (non-hydrogen) atoms. The number of nitrogens with one attached hydrogen (secondary N) is 1. The van der Waals surface area contributed by atoms with Crippen LogP contribution in [0.5, 0.6) is 0 Å². The maximum Gasteiger partial charge on any atom is 0.326 e. The molecule has 7 heteroatoms. The van der Waals surface area contributed by atoms with Crippen molar-refractivity contribution in [3.8, 4) is 0 Å². The smallest absolute Gasteiger partial charge is 0.326 e. The standard InChI is InChI=1S/C17H20ClN3O3/c1-4-14(17(23)24)19-16(22)15-10(2)20-21(11(15)3)9-12-7-5-6-8-13(12)18/h5-8,14H,4,9H2,1-3H3,(H,19,22)(H,23,24). The van der Waals surface area contributed by atoms with Gasteiger partial charge in [-0.05, 0) is 31.9 Å². The molecule has 0 saturated heterocycles. The van der Waals surface area contributed by atoms with Gasteiger partial charge in [0, 0.05) is 10.7 Å². The molecule has 2 aromatic rings. The van der Waals surface area contributed by atoms with E-state index in [0.717, 1.165) is 5.56 Å². The number of rotatable bonds is 6. The van der Waals surface area contributed by atoms with E-state index in [9.17, 15) is 9.59 Å². The molecule has 1 unspecified atom stereocenters. The van der Waals surface area contributed by atoms with Gasteiger partial charge in [0.25, 0.3) is 5.91 Å². The number of aryl methyl sites for hydroxylation is 1. The lowest BCUT2D eigenvalue weighted by molar-refractivity contribution is -0.139. The Hall–Kier alpha value is -2.34. The van der Waals surface area contributed by atoms with Crippen molar-refractivity contribution in [1.82, 2.24) is 15.1 Å². The molecule has 1 aromatic carbocycles. The maximum atomic E-state index is 12.4. The van der Waals surface area contributed by atoms with Gasteiger partial charge in [0.05, 0.1) is 17.8 Å². The van der Waals surface area contributed by atoms with E-state index in [2.05, 4.69) is 10.4 Å². The predicted molar refractivity (Wildman–Crippen MR) is 91.4 cm³/mol. The van der Waals surface area contributed by atoms with Crippen LogP contribution in [0.4, 0.5) is 0 Å². The van der Waals surface area contributed by atoms with E-state index < -0.39 is 17.9 Å². The topological polar surface area (TPSA) is 84.2 Å². The second-order valence-electron chi connectivity index (χ2n) is 5.57. The molecule has 0 radical (unpaired) electrons. The summed E-state index contributed by atoms with van der Waals surface area (Å²) in [5, 5.41) is 16.7. The lowest BCUT2D eigenvalue weighted by Crippen LogP contribution is -2.40. The van der Waals surface area contributed by atoms with Crippen molar-refractivity contribution in [3.05, 3.63) is 51.8 Å². The molecule has 0 fully saturated rings. The van der Waals surface area contributed by atoms with Crippen LogP contribution in [-0.2, 0) is 11.3 Å². The molecule has 1 atom stereocenters. The highest BCUT2D eigenvalue weighted by molar-refractivity contribution is 6.31. The molecule has 0 spiro atoms. The summed E-state index contributed by atoms with van der Waals surface area (Å²) in [5.41, 5.74) is 2.53. The fourth-order valence-corrected chi connectivity index (χ4v) is 2.73. The van der Waals surface area contributed by atoms with Gasteiger partial charge >= 0.3 is 5.97 Å². The van der Waals surface area contributed by atoms with Crippen LogP contribution in [0.1, 0.15) is 40.7 Å². The van der Waals surface area contributed by atoms with Gasteiger partial charge in [0.1, 0.15) is 6.04 Å². The van der Waals surface area contributed by atoms with Crippen molar-refractivity contribution >= 4 is 23.5 Å². The number of hydrogen-bond donors (Lipinski definition) is 2. The second-order valence-corrected chi connectivity index (χ2v) is 5.97. The van der Waals surface area contributed by atoms with Crippen molar-refractivity contribution in [2.75, 3.05) is 0 Å². The zero-order valence-corrected chi connectivity index (χ0v) is 14.6. The van der Waals surface area contributed by atoms with Gasteiger partial charge in [0.15, 0.2) is 0 Å². The van der Waals surface area contributed by atoms with Crippen LogP contribution in [-0.4, -0.2) is 32.8 Å². The Morgan fingerprint density at radius 3 is 2.58 bits per heavy atom. The van der Waals surface area contributed by atoms with Crippen LogP contribution in [0.25, 0.3) is 0 Å². The fourth-order valence-electron chi connectivity index (χ4n) is 2.54. The van der Waals surface area contributed by atoms with Crippen LogP contribution >= 0.6 is 11.6 Å². The van der Waals surface area contributed by atoms with E-state index in [1.54, 1.807) is 31.5 Å². The van der Waals surface area contributed by atoms with Crippen LogP contribution < -0.4 is 5.32 Å². The van der Waals surface area contributed by atoms with E-state index in [1.807, 2.05) is 18.2 Å². The molecule has 128 valence electrons. The normalized spacial score (nSPS) is 12.0. The van der Waals surface area contributed by atoms with Gasteiger partial charge in [-0.2, -0.15) is 5.10 Å². The summed E-state index contributed by atoms with van der Waals surface area (Å²) in [6, 6.07) is 6.52. The van der Waals surface area contributed by atoms with Crippen molar-refractivity contribution < 1.29 is 14.7 Å². The van der Waals surface area contributed by atoms with Crippen LogP contribution in [0.3, 0.4) is 0 Å². The molecule has 2 rings (SSSR count). The molecule has 1 amide bonds. The molecule has 0 bridgehead atoms. The van der Waals surface area contributed by atoms with Crippen molar-refractivity contribution in [1.29, 1.82) is 0 Å². The summed E-state index contributed by atoms with van der Waals surface area (Å²) in [5.74, 6) is -1.48. The summed E-state index contributed by atoms with van der Waals surface area (Å²) in [6.45, 7) is 5.66. The quantitative estimate of drug-likeness (QED) is 0.839. The monoisotopic (exact) mass is 349 g/mol. The zero-order chi connectivity index (χ0) is 17.9. The number of hydrogen-bond acceptors (Lipinski definition) is 3. The minimum atomic E-state index is -1.05. The van der Waals surface area contributed by atoms with Crippen molar-refractivity contribution in [3.63, 3.8) is 0 Å². The first kappa shape index (κ1) is 18.0. The first-order valence-electron chi connectivity index (χ1n) is 7.66. The third kappa shape index (κ3) is 3.76. The largest absolute Gasteiger partial charge is 0.480 e. The lowest BCUT2D eigenvalue weighted by Gasteiger charge is -2.12. The summed E-state index contributed by atoms with van der Waals surface area (Å²) in [6.07, 6.45) is 0.312. The predicted octanol–water partition coefficient (Wildman–Crippen LogP) is 2.79. The molecule has 0 aliphatic heterocycles. The van der Waals surface area contributed by atoms with Gasteiger partial charge < -0.3 is 10.4 Å². The Balaban J connectivity index is 2.27. The third-order valence-corrected chi connectivity index (χ3v) is 4.27. The number of carbonyl (C=O) groups excluding carboxylic acids is 1. The number of carboxylic acid groups (broad SMARTS) is 1. The summed E-state index contributed by atoms with van der Waals surface area (Å²) in [7, 11) is 0. The van der Waals surface area contributed by atoms with E-state index >= 15 is 0 Å². The molecule has 2 N–H and O–H groups in total. The first-order chi connectivity index (χ1) is 11.3. The zero-order valence-electron chi connectivity index (χ0n) is 13.8. The van der Waals surface area contributed by atoms with Crippen LogP contribution in [0, 0.1) is 13.8 Å². The second kappa shape index (κ2) is 7.49. The molecule has 0 saturated carbocycles. The van der Waals surface area contributed by atoms with Crippen molar-refractivity contribution in [2.45, 2.75) is 39.8 Å². The molecule has 6 nitrogen and oxygen atoms in total. The Labute approximate surface area is 145 Å². The number of aromatic nitrogens is 2. The van der Waals surface area contributed by atoms with Crippen LogP contribution in [0.15, 0.2) is 24.3 Å². The number of amides is 1. The molecule has 0 aliphatic carbocycles. The van der Waals surface area contributed by atoms with E-state index in [0.29, 0.717) is 34.9 Å². The minimum Gasteiger partial charge on any atom is -0.480 e.